The highest BCUT2D eigenvalue weighted by Crippen LogP contribution is 2.16. The molecule has 0 rings (SSSR count). The van der Waals surface area contributed by atoms with Crippen molar-refractivity contribution in [2.45, 2.75) is 69.5 Å². The monoisotopic (exact) mass is 291 g/mol. The molecule has 1 nitrogen and oxygen atoms in total. The van der Waals surface area contributed by atoms with Gasteiger partial charge < -0.3 is 4.90 Å². The van der Waals surface area contributed by atoms with Crippen LogP contribution < -0.4 is 0 Å². The van der Waals surface area contributed by atoms with Crippen LogP contribution in [0.2, 0.25) is 0 Å². The third-order valence-corrected chi connectivity index (χ3v) is 3.93. The maximum atomic E-state index is 3.77. The molecule has 0 aliphatic carbocycles. The van der Waals surface area contributed by atoms with E-state index in [4.69, 9.17) is 0 Å². The zero-order valence-electron chi connectivity index (χ0n) is 11.5. The molecule has 0 N–H and O–H groups in total. The van der Waals surface area contributed by atoms with Gasteiger partial charge in [-0.1, -0.05) is 67.8 Å². The first-order chi connectivity index (χ1) is 7.66. The topological polar surface area (TPSA) is 3.24 Å². The molecule has 16 heavy (non-hydrogen) atoms. The lowest BCUT2D eigenvalue weighted by atomic mass is 10.1. The van der Waals surface area contributed by atoms with Crippen LogP contribution in [0.4, 0.5) is 0 Å². The van der Waals surface area contributed by atoms with E-state index in [0.717, 1.165) is 4.83 Å². The molecule has 0 aromatic carbocycles. The number of halogens is 1. The van der Waals surface area contributed by atoms with Crippen LogP contribution in [0.3, 0.4) is 0 Å². The summed E-state index contributed by atoms with van der Waals surface area (Å²) >= 11 is 3.77. The second-order valence-corrected chi connectivity index (χ2v) is 6.39. The minimum absolute atomic E-state index is 0.727. The molecule has 1 atom stereocenters. The second-order valence-electron chi connectivity index (χ2n) is 5.10. The molecule has 0 aromatic rings. The second kappa shape index (κ2) is 11.9. The van der Waals surface area contributed by atoms with E-state index in [0.29, 0.717) is 0 Å². The predicted molar refractivity (Wildman–Crippen MR) is 78.5 cm³/mol. The fourth-order valence-corrected chi connectivity index (χ4v) is 2.39. The van der Waals surface area contributed by atoms with Crippen molar-refractivity contribution in [1.29, 1.82) is 0 Å². The normalized spacial score (nSPS) is 13.3. The summed E-state index contributed by atoms with van der Waals surface area (Å²) in [5.41, 5.74) is 0. The van der Waals surface area contributed by atoms with Crippen LogP contribution >= 0.6 is 15.9 Å². The molecular weight excluding hydrogens is 262 g/mol. The minimum Gasteiger partial charge on any atom is -0.309 e. The van der Waals surface area contributed by atoms with Gasteiger partial charge in [-0.25, -0.2) is 0 Å². The standard InChI is InChI=1S/C14H30BrN/c1-4-5-6-7-8-9-10-11-14(15)12-13-16(2)3/h14H,4-13H2,1-3H3. The minimum atomic E-state index is 0.727. The zero-order chi connectivity index (χ0) is 12.2. The van der Waals surface area contributed by atoms with E-state index >= 15 is 0 Å². The summed E-state index contributed by atoms with van der Waals surface area (Å²) in [4.78, 5) is 2.99. The molecule has 0 bridgehead atoms. The van der Waals surface area contributed by atoms with Gasteiger partial charge in [0.05, 0.1) is 0 Å². The van der Waals surface area contributed by atoms with Gasteiger partial charge in [0.25, 0.3) is 0 Å². The molecule has 0 amide bonds. The molecule has 2 heteroatoms. The third kappa shape index (κ3) is 12.5. The molecule has 1 unspecified atom stereocenters. The smallest absolute Gasteiger partial charge is 0.0158 e. The highest BCUT2D eigenvalue weighted by atomic mass is 79.9. The molecule has 0 saturated heterocycles. The van der Waals surface area contributed by atoms with Crippen molar-refractivity contribution in [3.8, 4) is 0 Å². The number of nitrogens with zero attached hydrogens (tertiary/aromatic N) is 1. The van der Waals surface area contributed by atoms with E-state index in [1.54, 1.807) is 0 Å². The largest absolute Gasteiger partial charge is 0.309 e. The summed E-state index contributed by atoms with van der Waals surface area (Å²) in [6.07, 6.45) is 12.5. The van der Waals surface area contributed by atoms with Crippen molar-refractivity contribution in [3.05, 3.63) is 0 Å². The highest BCUT2D eigenvalue weighted by Gasteiger charge is 2.04. The number of rotatable bonds is 11. The van der Waals surface area contributed by atoms with E-state index in [1.165, 1.54) is 64.3 Å². The SMILES string of the molecule is CCCCCCCCCC(Br)CCN(C)C. The Morgan fingerprint density at radius 2 is 1.44 bits per heavy atom. The van der Waals surface area contributed by atoms with Gasteiger partial charge in [0.15, 0.2) is 0 Å². The number of hydrogen-bond donors (Lipinski definition) is 0. The van der Waals surface area contributed by atoms with E-state index in [-0.39, 0.29) is 0 Å². The lowest BCUT2D eigenvalue weighted by Gasteiger charge is -2.13. The fourth-order valence-electron chi connectivity index (χ4n) is 1.87. The van der Waals surface area contributed by atoms with Gasteiger partial charge in [-0.05, 0) is 33.5 Å². The number of alkyl halides is 1. The molecule has 0 aliphatic heterocycles. The summed E-state index contributed by atoms with van der Waals surface area (Å²) in [5, 5.41) is 0. The summed E-state index contributed by atoms with van der Waals surface area (Å²) in [6, 6.07) is 0. The average Bonchev–Trinajstić information content (AvgIpc) is 2.25. The Balaban J connectivity index is 3.12. The molecule has 0 saturated carbocycles. The highest BCUT2D eigenvalue weighted by molar-refractivity contribution is 9.09. The van der Waals surface area contributed by atoms with Gasteiger partial charge in [-0.15, -0.1) is 0 Å². The lowest BCUT2D eigenvalue weighted by molar-refractivity contribution is 0.393. The van der Waals surface area contributed by atoms with Crippen LogP contribution in [0.1, 0.15) is 64.7 Å². The van der Waals surface area contributed by atoms with Crippen molar-refractivity contribution >= 4 is 15.9 Å². The maximum Gasteiger partial charge on any atom is 0.0158 e. The van der Waals surface area contributed by atoms with Crippen LogP contribution in [0.5, 0.6) is 0 Å². The van der Waals surface area contributed by atoms with Crippen LogP contribution in [0.25, 0.3) is 0 Å². The first-order valence-electron chi connectivity index (χ1n) is 6.95. The van der Waals surface area contributed by atoms with Crippen LogP contribution in [-0.4, -0.2) is 30.4 Å². The average molecular weight is 292 g/mol. The van der Waals surface area contributed by atoms with E-state index in [9.17, 15) is 0 Å². The Morgan fingerprint density at radius 3 is 2.00 bits per heavy atom. The summed E-state index contributed by atoms with van der Waals surface area (Å²) in [5.74, 6) is 0. The van der Waals surface area contributed by atoms with E-state index in [1.807, 2.05) is 0 Å². The first kappa shape index (κ1) is 16.4. The van der Waals surface area contributed by atoms with Crippen LogP contribution in [0.15, 0.2) is 0 Å². The Morgan fingerprint density at radius 1 is 0.875 bits per heavy atom. The van der Waals surface area contributed by atoms with Gasteiger partial charge in [0, 0.05) is 4.83 Å². The van der Waals surface area contributed by atoms with Crippen molar-refractivity contribution in [1.82, 2.24) is 4.90 Å². The quantitative estimate of drug-likeness (QED) is 0.389. The van der Waals surface area contributed by atoms with Crippen LogP contribution in [0, 0.1) is 0 Å². The van der Waals surface area contributed by atoms with Crippen LogP contribution in [-0.2, 0) is 0 Å². The predicted octanol–water partition coefficient (Wildman–Crippen LogP) is 4.84. The molecule has 0 radical (unpaired) electrons. The molecular formula is C14H30BrN. The fraction of sp³-hybridized carbons (Fsp3) is 1.00. The zero-order valence-corrected chi connectivity index (χ0v) is 13.1. The summed E-state index contributed by atoms with van der Waals surface area (Å²) in [7, 11) is 4.29. The van der Waals surface area contributed by atoms with Gasteiger partial charge in [-0.2, -0.15) is 0 Å². The molecule has 0 aromatic heterocycles. The Bertz CT molecular complexity index is 137. The van der Waals surface area contributed by atoms with Crippen molar-refractivity contribution in [2.24, 2.45) is 0 Å². The Hall–Kier alpha value is 0.440. The summed E-state index contributed by atoms with van der Waals surface area (Å²) in [6.45, 7) is 3.48. The maximum absolute atomic E-state index is 3.77. The molecule has 0 spiro atoms. The van der Waals surface area contributed by atoms with Gasteiger partial charge >= 0.3 is 0 Å². The van der Waals surface area contributed by atoms with Gasteiger partial charge in [0.1, 0.15) is 0 Å². The molecule has 0 aliphatic rings. The van der Waals surface area contributed by atoms with Crippen molar-refractivity contribution in [2.75, 3.05) is 20.6 Å². The summed E-state index contributed by atoms with van der Waals surface area (Å²) < 4.78 is 0. The molecule has 0 fully saturated rings. The molecule has 0 heterocycles. The number of unbranched alkanes of at least 4 members (excludes halogenated alkanes) is 6. The van der Waals surface area contributed by atoms with Gasteiger partial charge in [-0.3, -0.25) is 0 Å². The van der Waals surface area contributed by atoms with Gasteiger partial charge in [0.2, 0.25) is 0 Å². The number of hydrogen-bond acceptors (Lipinski definition) is 1. The Kier molecular flexibility index (Phi) is 12.2. The van der Waals surface area contributed by atoms with E-state index in [2.05, 4.69) is 41.8 Å². The Labute approximate surface area is 111 Å². The van der Waals surface area contributed by atoms with E-state index < -0.39 is 0 Å². The first-order valence-corrected chi connectivity index (χ1v) is 7.87. The van der Waals surface area contributed by atoms with Crippen molar-refractivity contribution < 1.29 is 0 Å². The van der Waals surface area contributed by atoms with Crippen molar-refractivity contribution in [3.63, 3.8) is 0 Å². The molecule has 98 valence electrons. The lowest BCUT2D eigenvalue weighted by Crippen LogP contribution is -2.16. The third-order valence-electron chi connectivity index (χ3n) is 3.01.